The first kappa shape index (κ1) is 25.6. The van der Waals surface area contributed by atoms with Crippen molar-refractivity contribution in [1.29, 1.82) is 0 Å². The van der Waals surface area contributed by atoms with E-state index in [1.54, 1.807) is 6.08 Å². The topological polar surface area (TPSA) is 136 Å². The summed E-state index contributed by atoms with van der Waals surface area (Å²) in [4.78, 5) is 31.5. The van der Waals surface area contributed by atoms with Gasteiger partial charge in [0.25, 0.3) is 0 Å². The van der Waals surface area contributed by atoms with Crippen molar-refractivity contribution in [2.24, 2.45) is 5.92 Å². The fourth-order valence-electron chi connectivity index (χ4n) is 2.81. The van der Waals surface area contributed by atoms with Gasteiger partial charge in [-0.1, -0.05) is 18.2 Å². The Morgan fingerprint density at radius 3 is 2.21 bits per heavy atom. The maximum absolute atomic E-state index is 11.4. The lowest BCUT2D eigenvalue weighted by Crippen LogP contribution is -2.56. The van der Waals surface area contributed by atoms with Crippen LogP contribution in [-0.2, 0) is 14.4 Å². The minimum Gasteiger partial charge on any atom is -0.480 e. The molecule has 0 radical (unpaired) electrons. The predicted molar refractivity (Wildman–Crippen MR) is 93.4 cm³/mol. The van der Waals surface area contributed by atoms with E-state index < -0.39 is 36.3 Å². The van der Waals surface area contributed by atoms with E-state index in [-0.39, 0.29) is 17.9 Å². The minimum atomic E-state index is -5.08. The molecule has 1 amide bonds. The van der Waals surface area contributed by atoms with Crippen molar-refractivity contribution in [2.45, 2.75) is 57.1 Å². The summed E-state index contributed by atoms with van der Waals surface area (Å²) in [6, 6.07) is -1.57. The van der Waals surface area contributed by atoms with Gasteiger partial charge in [-0.25, -0.2) is 4.79 Å². The third-order valence-electron chi connectivity index (χ3n) is 3.92. The normalized spacial score (nSPS) is 24.0. The van der Waals surface area contributed by atoms with E-state index in [0.29, 0.717) is 12.8 Å². The van der Waals surface area contributed by atoms with Gasteiger partial charge in [0.1, 0.15) is 6.04 Å². The Bertz CT molecular complexity index is 594. The fourth-order valence-corrected chi connectivity index (χ4v) is 2.81. The van der Waals surface area contributed by atoms with Crippen LogP contribution in [0.25, 0.3) is 0 Å². The Morgan fingerprint density at radius 2 is 1.86 bits per heavy atom. The molecule has 160 valence electrons. The molecule has 0 saturated carbocycles. The lowest BCUT2D eigenvalue weighted by molar-refractivity contribution is -0.192. The SMILES string of the molecule is C=CC[C@@H](O)[C@H](NC(C)=O)[C@@H]1N[C@@H](C(=O)O)C[C@H]1/C=C\C.O=C(O)C(F)(F)F. The van der Waals surface area contributed by atoms with Crippen molar-refractivity contribution in [3.05, 3.63) is 24.8 Å². The number of allylic oxidation sites excluding steroid dienone is 1. The number of rotatable bonds is 7. The molecule has 1 saturated heterocycles. The number of carbonyl (C=O) groups excluding carboxylic acids is 1. The second-order valence-corrected chi connectivity index (χ2v) is 6.13. The van der Waals surface area contributed by atoms with Gasteiger partial charge >= 0.3 is 18.1 Å². The third kappa shape index (κ3) is 8.53. The quantitative estimate of drug-likeness (QED) is 0.396. The first-order chi connectivity index (χ1) is 12.8. The van der Waals surface area contributed by atoms with Crippen LogP contribution >= 0.6 is 0 Å². The standard InChI is InChI=1S/C15H24N2O4.C2HF3O2/c1-4-6-10-8-11(15(20)21)17-13(10)14(16-9(3)18)12(19)7-5-2;3-2(4,5)1(6)7/h4-6,10-14,17,19H,2,7-8H2,1,3H3,(H,16,18)(H,20,21);(H,6,7)/b6-4-;/t10-,11-,12-,13-,14+;/m1./s1. The monoisotopic (exact) mass is 410 g/mol. The number of alkyl halides is 3. The summed E-state index contributed by atoms with van der Waals surface area (Å²) in [5.41, 5.74) is 0. The van der Waals surface area contributed by atoms with Crippen molar-refractivity contribution in [1.82, 2.24) is 10.6 Å². The molecule has 0 aromatic heterocycles. The molecule has 0 unspecified atom stereocenters. The Hall–Kier alpha value is -2.40. The van der Waals surface area contributed by atoms with E-state index in [1.165, 1.54) is 6.92 Å². The van der Waals surface area contributed by atoms with Crippen LogP contribution < -0.4 is 10.6 Å². The molecule has 5 N–H and O–H groups in total. The van der Waals surface area contributed by atoms with E-state index >= 15 is 0 Å². The van der Waals surface area contributed by atoms with Crippen molar-refractivity contribution in [3.63, 3.8) is 0 Å². The number of amides is 1. The Balaban J connectivity index is 0.000000887. The largest absolute Gasteiger partial charge is 0.490 e. The zero-order chi connectivity index (χ0) is 22.1. The average molecular weight is 410 g/mol. The summed E-state index contributed by atoms with van der Waals surface area (Å²) in [7, 11) is 0. The van der Waals surface area contributed by atoms with Crippen LogP contribution in [0.2, 0.25) is 0 Å². The molecule has 1 aliphatic rings. The van der Waals surface area contributed by atoms with Gasteiger partial charge in [0.2, 0.25) is 5.91 Å². The summed E-state index contributed by atoms with van der Waals surface area (Å²) in [5, 5.41) is 32.3. The van der Waals surface area contributed by atoms with Gasteiger partial charge < -0.3 is 20.6 Å². The van der Waals surface area contributed by atoms with Crippen molar-refractivity contribution >= 4 is 17.8 Å². The Labute approximate surface area is 160 Å². The number of aliphatic hydroxyl groups excluding tert-OH is 1. The zero-order valence-corrected chi connectivity index (χ0v) is 15.4. The number of carboxylic acid groups (broad SMARTS) is 2. The van der Waals surface area contributed by atoms with E-state index in [1.807, 2.05) is 19.1 Å². The maximum Gasteiger partial charge on any atom is 0.490 e. The van der Waals surface area contributed by atoms with Gasteiger partial charge in [-0.2, -0.15) is 13.2 Å². The molecule has 8 nitrogen and oxygen atoms in total. The van der Waals surface area contributed by atoms with E-state index in [0.717, 1.165) is 0 Å². The first-order valence-corrected chi connectivity index (χ1v) is 8.32. The molecule has 1 heterocycles. The van der Waals surface area contributed by atoms with Crippen molar-refractivity contribution < 1.29 is 42.9 Å². The lowest BCUT2D eigenvalue weighted by atomic mass is 9.89. The van der Waals surface area contributed by atoms with Gasteiger partial charge in [-0.15, -0.1) is 6.58 Å². The molecule has 0 spiro atoms. The Kier molecular flexibility index (Phi) is 10.5. The van der Waals surface area contributed by atoms with Crippen LogP contribution in [0.1, 0.15) is 26.7 Å². The van der Waals surface area contributed by atoms with Gasteiger partial charge in [0.15, 0.2) is 0 Å². The molecular formula is C17H25F3N2O6. The molecule has 0 aromatic carbocycles. The van der Waals surface area contributed by atoms with Crippen molar-refractivity contribution in [3.8, 4) is 0 Å². The van der Waals surface area contributed by atoms with Gasteiger partial charge in [0, 0.05) is 13.0 Å². The van der Waals surface area contributed by atoms with Gasteiger partial charge in [-0.05, 0) is 25.7 Å². The highest BCUT2D eigenvalue weighted by Gasteiger charge is 2.42. The summed E-state index contributed by atoms with van der Waals surface area (Å²) in [6.07, 6.45) is 0.201. The third-order valence-corrected chi connectivity index (χ3v) is 3.92. The van der Waals surface area contributed by atoms with Crippen LogP contribution in [0, 0.1) is 5.92 Å². The molecule has 0 bridgehead atoms. The van der Waals surface area contributed by atoms with E-state index in [2.05, 4.69) is 17.2 Å². The Morgan fingerprint density at radius 1 is 1.32 bits per heavy atom. The number of aliphatic carboxylic acids is 2. The van der Waals surface area contributed by atoms with Gasteiger partial charge in [0.05, 0.1) is 12.1 Å². The number of carbonyl (C=O) groups is 3. The van der Waals surface area contributed by atoms with E-state index in [9.17, 15) is 33.0 Å². The average Bonchev–Trinajstić information content (AvgIpc) is 2.96. The molecule has 0 aromatic rings. The first-order valence-electron chi connectivity index (χ1n) is 8.32. The molecule has 5 atom stereocenters. The molecular weight excluding hydrogens is 385 g/mol. The van der Waals surface area contributed by atoms with Crippen LogP contribution in [0.3, 0.4) is 0 Å². The number of hydrogen-bond acceptors (Lipinski definition) is 5. The zero-order valence-electron chi connectivity index (χ0n) is 15.4. The predicted octanol–water partition coefficient (Wildman–Crippen LogP) is 1.07. The van der Waals surface area contributed by atoms with Crippen LogP contribution in [0.5, 0.6) is 0 Å². The minimum absolute atomic E-state index is 0.0626. The number of halogens is 3. The second kappa shape index (κ2) is 11.4. The summed E-state index contributed by atoms with van der Waals surface area (Å²) >= 11 is 0. The maximum atomic E-state index is 11.4. The fraction of sp³-hybridized carbons (Fsp3) is 0.588. The smallest absolute Gasteiger partial charge is 0.480 e. The number of carboxylic acids is 2. The van der Waals surface area contributed by atoms with E-state index in [4.69, 9.17) is 9.90 Å². The summed E-state index contributed by atoms with van der Waals surface area (Å²) in [6.45, 7) is 6.82. The number of hydrogen-bond donors (Lipinski definition) is 5. The second-order valence-electron chi connectivity index (χ2n) is 6.13. The molecule has 1 aliphatic heterocycles. The lowest BCUT2D eigenvalue weighted by Gasteiger charge is -2.31. The highest BCUT2D eigenvalue weighted by Crippen LogP contribution is 2.26. The highest BCUT2D eigenvalue weighted by atomic mass is 19.4. The van der Waals surface area contributed by atoms with Crippen LogP contribution in [0.15, 0.2) is 24.8 Å². The van der Waals surface area contributed by atoms with Crippen molar-refractivity contribution in [2.75, 3.05) is 0 Å². The van der Waals surface area contributed by atoms with Crippen LogP contribution in [-0.4, -0.2) is 63.6 Å². The molecule has 0 aliphatic carbocycles. The summed E-state index contributed by atoms with van der Waals surface area (Å²) < 4.78 is 31.7. The summed E-state index contributed by atoms with van der Waals surface area (Å²) in [5.74, 6) is -4.00. The molecule has 1 fully saturated rings. The molecule has 28 heavy (non-hydrogen) atoms. The van der Waals surface area contributed by atoms with Gasteiger partial charge in [-0.3, -0.25) is 14.9 Å². The molecule has 11 heteroatoms. The van der Waals surface area contributed by atoms with Crippen LogP contribution in [0.4, 0.5) is 13.2 Å². The number of nitrogens with one attached hydrogen (secondary N) is 2. The molecule has 1 rings (SSSR count). The number of aliphatic hydroxyl groups is 1. The highest BCUT2D eigenvalue weighted by molar-refractivity contribution is 5.75.